The summed E-state index contributed by atoms with van der Waals surface area (Å²) in [5.41, 5.74) is 6.04. The van der Waals surface area contributed by atoms with Gasteiger partial charge in [-0.15, -0.1) is 0 Å². The standard InChI is InChI=1S/C13H26N2O/c1-10(2)7-8-13(16)15-9-11-5-3-4-6-12(11)14/h10-12H,3-9,14H2,1-2H3,(H,15,16). The Balaban J connectivity index is 2.15. The number of rotatable bonds is 5. The fraction of sp³-hybridized carbons (Fsp3) is 0.923. The van der Waals surface area contributed by atoms with E-state index in [9.17, 15) is 4.79 Å². The van der Waals surface area contributed by atoms with Gasteiger partial charge in [-0.25, -0.2) is 0 Å². The third-order valence-corrected chi connectivity index (χ3v) is 3.48. The highest BCUT2D eigenvalue weighted by Gasteiger charge is 2.21. The molecule has 2 unspecified atom stereocenters. The van der Waals surface area contributed by atoms with Crippen LogP contribution in [0.3, 0.4) is 0 Å². The molecule has 0 aliphatic heterocycles. The summed E-state index contributed by atoms with van der Waals surface area (Å²) in [6.45, 7) is 5.06. The molecule has 3 heteroatoms. The maximum Gasteiger partial charge on any atom is 0.220 e. The van der Waals surface area contributed by atoms with Crippen molar-refractivity contribution in [3.05, 3.63) is 0 Å². The number of nitrogens with two attached hydrogens (primary N) is 1. The molecule has 3 nitrogen and oxygen atoms in total. The predicted molar refractivity (Wildman–Crippen MR) is 67.0 cm³/mol. The molecule has 16 heavy (non-hydrogen) atoms. The van der Waals surface area contributed by atoms with Crippen LogP contribution in [0.2, 0.25) is 0 Å². The van der Waals surface area contributed by atoms with E-state index in [0.29, 0.717) is 24.3 Å². The number of carbonyl (C=O) groups excluding carboxylic acids is 1. The summed E-state index contributed by atoms with van der Waals surface area (Å²) in [6.07, 6.45) is 6.43. The van der Waals surface area contributed by atoms with E-state index < -0.39 is 0 Å². The number of nitrogens with one attached hydrogen (secondary N) is 1. The van der Waals surface area contributed by atoms with Crippen LogP contribution in [0.4, 0.5) is 0 Å². The summed E-state index contributed by atoms with van der Waals surface area (Å²) < 4.78 is 0. The van der Waals surface area contributed by atoms with Crippen molar-refractivity contribution in [3.63, 3.8) is 0 Å². The molecule has 0 spiro atoms. The maximum absolute atomic E-state index is 11.5. The van der Waals surface area contributed by atoms with Gasteiger partial charge in [0.15, 0.2) is 0 Å². The van der Waals surface area contributed by atoms with Gasteiger partial charge in [-0.05, 0) is 31.1 Å². The van der Waals surface area contributed by atoms with Crippen LogP contribution in [0.1, 0.15) is 52.4 Å². The van der Waals surface area contributed by atoms with E-state index >= 15 is 0 Å². The molecular weight excluding hydrogens is 200 g/mol. The molecule has 0 aromatic carbocycles. The van der Waals surface area contributed by atoms with Gasteiger partial charge in [0, 0.05) is 19.0 Å². The quantitative estimate of drug-likeness (QED) is 0.754. The first-order valence-corrected chi connectivity index (χ1v) is 6.62. The highest BCUT2D eigenvalue weighted by atomic mass is 16.1. The number of carbonyl (C=O) groups is 1. The van der Waals surface area contributed by atoms with Crippen LogP contribution in [0.25, 0.3) is 0 Å². The zero-order valence-corrected chi connectivity index (χ0v) is 10.7. The van der Waals surface area contributed by atoms with Crippen LogP contribution >= 0.6 is 0 Å². The minimum atomic E-state index is 0.187. The first-order chi connectivity index (χ1) is 7.59. The van der Waals surface area contributed by atoms with Crippen molar-refractivity contribution in [1.29, 1.82) is 0 Å². The largest absolute Gasteiger partial charge is 0.356 e. The average molecular weight is 226 g/mol. The molecule has 1 amide bonds. The Morgan fingerprint density at radius 1 is 1.38 bits per heavy atom. The highest BCUT2D eigenvalue weighted by molar-refractivity contribution is 5.75. The van der Waals surface area contributed by atoms with Crippen molar-refractivity contribution < 1.29 is 4.79 Å². The van der Waals surface area contributed by atoms with Gasteiger partial charge in [0.25, 0.3) is 0 Å². The second kappa shape index (κ2) is 6.89. The van der Waals surface area contributed by atoms with Gasteiger partial charge in [-0.1, -0.05) is 26.7 Å². The molecule has 0 aromatic heterocycles. The maximum atomic E-state index is 11.5. The minimum absolute atomic E-state index is 0.187. The second-order valence-corrected chi connectivity index (χ2v) is 5.44. The predicted octanol–water partition coefficient (Wildman–Crippen LogP) is 2.06. The van der Waals surface area contributed by atoms with Gasteiger partial charge in [0.1, 0.15) is 0 Å². The summed E-state index contributed by atoms with van der Waals surface area (Å²) in [5, 5.41) is 3.02. The Kier molecular flexibility index (Phi) is 5.81. The zero-order chi connectivity index (χ0) is 12.0. The van der Waals surface area contributed by atoms with Crippen molar-refractivity contribution in [1.82, 2.24) is 5.32 Å². The highest BCUT2D eigenvalue weighted by Crippen LogP contribution is 2.22. The Hall–Kier alpha value is -0.570. The molecular formula is C13H26N2O. The first kappa shape index (κ1) is 13.5. The molecule has 1 saturated carbocycles. The van der Waals surface area contributed by atoms with Gasteiger partial charge in [0.05, 0.1) is 0 Å². The van der Waals surface area contributed by atoms with Crippen LogP contribution < -0.4 is 11.1 Å². The third kappa shape index (κ3) is 4.97. The lowest BCUT2D eigenvalue weighted by Crippen LogP contribution is -2.41. The van der Waals surface area contributed by atoms with Gasteiger partial charge in [-0.3, -0.25) is 4.79 Å². The fourth-order valence-corrected chi connectivity index (χ4v) is 2.24. The van der Waals surface area contributed by atoms with Crippen LogP contribution in [0.5, 0.6) is 0 Å². The van der Waals surface area contributed by atoms with Crippen molar-refractivity contribution in [2.45, 2.75) is 58.4 Å². The lowest BCUT2D eigenvalue weighted by atomic mass is 9.85. The fourth-order valence-electron chi connectivity index (χ4n) is 2.24. The zero-order valence-electron chi connectivity index (χ0n) is 10.7. The first-order valence-electron chi connectivity index (χ1n) is 6.62. The molecule has 94 valence electrons. The molecule has 1 fully saturated rings. The molecule has 1 aliphatic rings. The van der Waals surface area contributed by atoms with E-state index in [1.54, 1.807) is 0 Å². The van der Waals surface area contributed by atoms with Crippen molar-refractivity contribution >= 4 is 5.91 Å². The summed E-state index contributed by atoms with van der Waals surface area (Å²) in [6, 6.07) is 0.291. The van der Waals surface area contributed by atoms with Crippen molar-refractivity contribution in [3.8, 4) is 0 Å². The van der Waals surface area contributed by atoms with Gasteiger partial charge in [0.2, 0.25) is 5.91 Å². The van der Waals surface area contributed by atoms with Crippen LogP contribution in [0, 0.1) is 11.8 Å². The average Bonchev–Trinajstić information content (AvgIpc) is 2.25. The molecule has 3 N–H and O–H groups in total. The van der Waals surface area contributed by atoms with Gasteiger partial charge >= 0.3 is 0 Å². The summed E-state index contributed by atoms with van der Waals surface area (Å²) in [7, 11) is 0. The van der Waals surface area contributed by atoms with E-state index in [1.165, 1.54) is 19.3 Å². The molecule has 1 rings (SSSR count). The van der Waals surface area contributed by atoms with Crippen molar-refractivity contribution in [2.24, 2.45) is 17.6 Å². The van der Waals surface area contributed by atoms with E-state index in [-0.39, 0.29) is 5.91 Å². The third-order valence-electron chi connectivity index (χ3n) is 3.48. The normalized spacial score (nSPS) is 25.8. The summed E-state index contributed by atoms with van der Waals surface area (Å²) in [5.74, 6) is 1.28. The minimum Gasteiger partial charge on any atom is -0.356 e. The Bertz CT molecular complexity index is 216. The Morgan fingerprint density at radius 3 is 2.69 bits per heavy atom. The van der Waals surface area contributed by atoms with Crippen LogP contribution in [-0.4, -0.2) is 18.5 Å². The number of hydrogen-bond acceptors (Lipinski definition) is 2. The summed E-state index contributed by atoms with van der Waals surface area (Å²) in [4.78, 5) is 11.5. The summed E-state index contributed by atoms with van der Waals surface area (Å²) >= 11 is 0. The number of hydrogen-bond donors (Lipinski definition) is 2. The van der Waals surface area contributed by atoms with Crippen LogP contribution in [-0.2, 0) is 4.79 Å². The van der Waals surface area contributed by atoms with Crippen LogP contribution in [0.15, 0.2) is 0 Å². The molecule has 2 atom stereocenters. The smallest absolute Gasteiger partial charge is 0.220 e. The van der Waals surface area contributed by atoms with E-state index in [0.717, 1.165) is 19.4 Å². The molecule has 0 heterocycles. The van der Waals surface area contributed by atoms with E-state index in [4.69, 9.17) is 5.73 Å². The SMILES string of the molecule is CC(C)CCC(=O)NCC1CCCCC1N. The second-order valence-electron chi connectivity index (χ2n) is 5.44. The van der Waals surface area contributed by atoms with E-state index in [1.807, 2.05) is 0 Å². The van der Waals surface area contributed by atoms with Gasteiger partial charge in [-0.2, -0.15) is 0 Å². The van der Waals surface area contributed by atoms with E-state index in [2.05, 4.69) is 19.2 Å². The van der Waals surface area contributed by atoms with Crippen molar-refractivity contribution in [2.75, 3.05) is 6.54 Å². The number of amides is 1. The molecule has 0 saturated heterocycles. The molecule has 1 aliphatic carbocycles. The lowest BCUT2D eigenvalue weighted by Gasteiger charge is -2.28. The topological polar surface area (TPSA) is 55.1 Å². The Labute approximate surface area is 99.2 Å². The molecule has 0 bridgehead atoms. The monoisotopic (exact) mass is 226 g/mol. The molecule has 0 aromatic rings. The molecule has 0 radical (unpaired) electrons. The van der Waals surface area contributed by atoms with Gasteiger partial charge < -0.3 is 11.1 Å². The lowest BCUT2D eigenvalue weighted by molar-refractivity contribution is -0.121. The Morgan fingerprint density at radius 2 is 2.06 bits per heavy atom.